The second-order valence-corrected chi connectivity index (χ2v) is 21.1. The minimum atomic E-state index is -0.762. The molecule has 0 radical (unpaired) electrons. The van der Waals surface area contributed by atoms with Crippen LogP contribution in [0.3, 0.4) is 0 Å². The molecule has 0 aromatic rings. The molecule has 392 valence electrons. The summed E-state index contributed by atoms with van der Waals surface area (Å²) >= 11 is 0. The highest BCUT2D eigenvalue weighted by Gasteiger charge is 2.19. The van der Waals surface area contributed by atoms with Gasteiger partial charge in [-0.05, 0) is 25.2 Å². The molecule has 0 aliphatic carbocycles. The standard InChI is InChI=1S/C60H116O6/c1-5-7-9-11-13-15-17-19-20-21-24-28-32-36-40-44-48-52-59(62)65-55-57(54-64-58(61)51-47-43-39-35-31-26-18-16-14-12-10-8-6-2)66-60(63)53-49-45-41-37-33-29-25-22-23-27-30-34-38-42-46-50-56(3)4/h56-57H,5-55H2,1-4H3/t57-/m0/s1. The molecule has 0 rings (SSSR count). The van der Waals surface area contributed by atoms with E-state index in [0.29, 0.717) is 19.3 Å². The number of rotatable bonds is 55. The monoisotopic (exact) mass is 933 g/mol. The molecule has 1 atom stereocenters. The SMILES string of the molecule is CCCCCCCCCCCCCCCCCCCC(=O)OC[C@H](COC(=O)CCCCCCCCCCCCCCC)OC(=O)CCCCCCCCCCCCCCCCCC(C)C. The normalized spacial score (nSPS) is 12.0. The third kappa shape index (κ3) is 53.4. The molecule has 0 bridgehead atoms. The molecular formula is C60H116O6. The Morgan fingerprint density at radius 3 is 0.742 bits per heavy atom. The Kier molecular flexibility index (Phi) is 53.0. The molecule has 0 saturated carbocycles. The van der Waals surface area contributed by atoms with Crippen molar-refractivity contribution >= 4 is 17.9 Å². The smallest absolute Gasteiger partial charge is 0.306 e. The first kappa shape index (κ1) is 64.4. The van der Waals surface area contributed by atoms with Gasteiger partial charge in [0.05, 0.1) is 0 Å². The number of hydrogen-bond donors (Lipinski definition) is 0. The van der Waals surface area contributed by atoms with Crippen LogP contribution in [0, 0.1) is 5.92 Å². The van der Waals surface area contributed by atoms with Crippen LogP contribution in [0.2, 0.25) is 0 Å². The Morgan fingerprint density at radius 2 is 0.500 bits per heavy atom. The molecule has 0 aromatic heterocycles. The van der Waals surface area contributed by atoms with Crippen LogP contribution < -0.4 is 0 Å². The third-order valence-electron chi connectivity index (χ3n) is 13.8. The van der Waals surface area contributed by atoms with Crippen LogP contribution in [0.25, 0.3) is 0 Å². The van der Waals surface area contributed by atoms with Crippen molar-refractivity contribution in [3.8, 4) is 0 Å². The maximum atomic E-state index is 12.9. The summed E-state index contributed by atoms with van der Waals surface area (Å²) in [5.41, 5.74) is 0. The highest BCUT2D eigenvalue weighted by Crippen LogP contribution is 2.18. The van der Waals surface area contributed by atoms with Gasteiger partial charge in [0, 0.05) is 19.3 Å². The molecule has 0 amide bonds. The average molecular weight is 934 g/mol. The molecule has 6 heteroatoms. The first-order valence-electron chi connectivity index (χ1n) is 29.9. The number of ether oxygens (including phenoxy) is 3. The Morgan fingerprint density at radius 1 is 0.288 bits per heavy atom. The van der Waals surface area contributed by atoms with Crippen molar-refractivity contribution in [1.29, 1.82) is 0 Å². The number of carbonyl (C=O) groups is 3. The van der Waals surface area contributed by atoms with Gasteiger partial charge in [0.1, 0.15) is 13.2 Å². The van der Waals surface area contributed by atoms with Crippen molar-refractivity contribution in [2.75, 3.05) is 13.2 Å². The Hall–Kier alpha value is -1.59. The van der Waals surface area contributed by atoms with Gasteiger partial charge >= 0.3 is 17.9 Å². The first-order valence-corrected chi connectivity index (χ1v) is 29.9. The first-order chi connectivity index (χ1) is 32.4. The van der Waals surface area contributed by atoms with Crippen molar-refractivity contribution in [3.05, 3.63) is 0 Å². The third-order valence-corrected chi connectivity index (χ3v) is 13.8. The predicted octanol–water partition coefficient (Wildman–Crippen LogP) is 19.8. The summed E-state index contributed by atoms with van der Waals surface area (Å²) < 4.78 is 16.9. The summed E-state index contributed by atoms with van der Waals surface area (Å²) in [5.74, 6) is 0.0156. The zero-order valence-electron chi connectivity index (χ0n) is 45.2. The van der Waals surface area contributed by atoms with Gasteiger partial charge in [-0.25, -0.2) is 0 Å². The number of hydrogen-bond acceptors (Lipinski definition) is 6. The van der Waals surface area contributed by atoms with Crippen LogP contribution in [0.5, 0.6) is 0 Å². The molecular weight excluding hydrogens is 817 g/mol. The lowest BCUT2D eigenvalue weighted by molar-refractivity contribution is -0.167. The summed E-state index contributed by atoms with van der Waals surface area (Å²) in [4.78, 5) is 38.2. The van der Waals surface area contributed by atoms with Crippen molar-refractivity contribution in [2.45, 2.75) is 348 Å². The molecule has 0 spiro atoms. The van der Waals surface area contributed by atoms with Gasteiger partial charge in [0.25, 0.3) is 0 Å². The zero-order chi connectivity index (χ0) is 48.1. The molecule has 0 saturated heterocycles. The maximum Gasteiger partial charge on any atom is 0.306 e. The summed E-state index contributed by atoms with van der Waals surface area (Å²) in [6, 6.07) is 0. The summed E-state index contributed by atoms with van der Waals surface area (Å²) in [6.07, 6.45) is 59.5. The molecule has 0 aliphatic heterocycles. The molecule has 0 aliphatic rings. The molecule has 0 fully saturated rings. The van der Waals surface area contributed by atoms with Gasteiger partial charge in [-0.3, -0.25) is 14.4 Å². The van der Waals surface area contributed by atoms with Crippen molar-refractivity contribution in [3.63, 3.8) is 0 Å². The van der Waals surface area contributed by atoms with Gasteiger partial charge in [0.2, 0.25) is 0 Å². The van der Waals surface area contributed by atoms with E-state index in [-0.39, 0.29) is 31.1 Å². The van der Waals surface area contributed by atoms with E-state index in [0.717, 1.165) is 63.7 Å². The predicted molar refractivity (Wildman–Crippen MR) is 284 cm³/mol. The van der Waals surface area contributed by atoms with Gasteiger partial charge in [-0.1, -0.05) is 304 Å². The van der Waals surface area contributed by atoms with Gasteiger partial charge in [0.15, 0.2) is 6.10 Å². The lowest BCUT2D eigenvalue weighted by Gasteiger charge is -2.18. The van der Waals surface area contributed by atoms with Crippen LogP contribution in [-0.4, -0.2) is 37.2 Å². The van der Waals surface area contributed by atoms with Crippen molar-refractivity contribution in [2.24, 2.45) is 5.92 Å². The molecule has 66 heavy (non-hydrogen) atoms. The Bertz CT molecular complexity index is 996. The lowest BCUT2D eigenvalue weighted by atomic mass is 10.0. The second kappa shape index (κ2) is 54.4. The molecule has 0 aromatic carbocycles. The molecule has 0 heterocycles. The zero-order valence-corrected chi connectivity index (χ0v) is 45.2. The van der Waals surface area contributed by atoms with Crippen LogP contribution in [0.15, 0.2) is 0 Å². The fourth-order valence-corrected chi connectivity index (χ4v) is 9.28. The summed E-state index contributed by atoms with van der Waals surface area (Å²) in [6.45, 7) is 9.08. The van der Waals surface area contributed by atoms with E-state index >= 15 is 0 Å². The summed E-state index contributed by atoms with van der Waals surface area (Å²) in [7, 11) is 0. The average Bonchev–Trinajstić information content (AvgIpc) is 3.30. The second-order valence-electron chi connectivity index (χ2n) is 21.1. The largest absolute Gasteiger partial charge is 0.462 e. The van der Waals surface area contributed by atoms with Crippen LogP contribution in [0.1, 0.15) is 342 Å². The minimum Gasteiger partial charge on any atom is -0.462 e. The van der Waals surface area contributed by atoms with Crippen LogP contribution >= 0.6 is 0 Å². The minimum absolute atomic E-state index is 0.0615. The highest BCUT2D eigenvalue weighted by molar-refractivity contribution is 5.71. The Balaban J connectivity index is 4.28. The number of unbranched alkanes of at least 4 members (excludes halogenated alkanes) is 42. The number of carbonyl (C=O) groups excluding carboxylic acids is 3. The van der Waals surface area contributed by atoms with Crippen molar-refractivity contribution in [1.82, 2.24) is 0 Å². The maximum absolute atomic E-state index is 12.9. The molecule has 0 unspecified atom stereocenters. The van der Waals surface area contributed by atoms with E-state index in [9.17, 15) is 14.4 Å². The van der Waals surface area contributed by atoms with Crippen LogP contribution in [0.4, 0.5) is 0 Å². The topological polar surface area (TPSA) is 78.9 Å². The van der Waals surface area contributed by atoms with E-state index in [1.165, 1.54) is 238 Å². The Labute approximate surface area is 412 Å². The quantitative estimate of drug-likeness (QED) is 0.0343. The fourth-order valence-electron chi connectivity index (χ4n) is 9.28. The van der Waals surface area contributed by atoms with Gasteiger partial charge < -0.3 is 14.2 Å². The van der Waals surface area contributed by atoms with E-state index < -0.39 is 6.10 Å². The highest BCUT2D eigenvalue weighted by atomic mass is 16.6. The van der Waals surface area contributed by atoms with E-state index in [2.05, 4.69) is 27.7 Å². The molecule has 0 N–H and O–H groups in total. The summed E-state index contributed by atoms with van der Waals surface area (Å²) in [5, 5.41) is 0. The van der Waals surface area contributed by atoms with Crippen LogP contribution in [-0.2, 0) is 28.6 Å². The van der Waals surface area contributed by atoms with E-state index in [4.69, 9.17) is 14.2 Å². The van der Waals surface area contributed by atoms with Crippen molar-refractivity contribution < 1.29 is 28.6 Å². The van der Waals surface area contributed by atoms with E-state index in [1.54, 1.807) is 0 Å². The fraction of sp³-hybridized carbons (Fsp3) is 0.950. The van der Waals surface area contributed by atoms with Gasteiger partial charge in [-0.15, -0.1) is 0 Å². The lowest BCUT2D eigenvalue weighted by Crippen LogP contribution is -2.30. The van der Waals surface area contributed by atoms with Gasteiger partial charge in [-0.2, -0.15) is 0 Å². The van der Waals surface area contributed by atoms with E-state index in [1.807, 2.05) is 0 Å². The molecule has 6 nitrogen and oxygen atoms in total. The number of esters is 3.